The average molecular weight is 738 g/mol. The van der Waals surface area contributed by atoms with E-state index in [4.69, 9.17) is 14.2 Å². The highest BCUT2D eigenvalue weighted by molar-refractivity contribution is 5.70. The zero-order chi connectivity index (χ0) is 39.1. The molecule has 0 saturated heterocycles. The molecule has 0 fully saturated rings. The molecule has 0 aromatic carbocycles. The third-order valence-electron chi connectivity index (χ3n) is 9.76. The Kier molecular flexibility index (Phi) is 31.7. The first-order valence-corrected chi connectivity index (χ1v) is 21.9. The average Bonchev–Trinajstić information content (AvgIpc) is 3.01. The van der Waals surface area contributed by atoms with Gasteiger partial charge in [-0.15, -0.1) is 0 Å². The predicted octanol–water partition coefficient (Wildman–Crippen LogP) is 12.1. The van der Waals surface area contributed by atoms with Crippen molar-refractivity contribution in [2.24, 2.45) is 29.6 Å². The zero-order valence-corrected chi connectivity index (χ0v) is 36.1. The first-order chi connectivity index (χ1) is 24.7. The van der Waals surface area contributed by atoms with E-state index in [9.17, 15) is 14.4 Å². The van der Waals surface area contributed by atoms with E-state index in [1.807, 2.05) is 14.1 Å². The van der Waals surface area contributed by atoms with Gasteiger partial charge >= 0.3 is 17.9 Å². The van der Waals surface area contributed by atoms with E-state index in [0.29, 0.717) is 55.5 Å². The summed E-state index contributed by atoms with van der Waals surface area (Å²) in [5.41, 5.74) is 0. The molecule has 1 unspecified atom stereocenters. The van der Waals surface area contributed by atoms with Crippen molar-refractivity contribution in [3.05, 3.63) is 0 Å². The lowest BCUT2D eigenvalue weighted by molar-refractivity contribution is -0.151. The van der Waals surface area contributed by atoms with Crippen molar-refractivity contribution < 1.29 is 28.6 Å². The number of hydrogen-bond acceptors (Lipinski definition) is 7. The van der Waals surface area contributed by atoms with E-state index in [0.717, 1.165) is 122 Å². The fourth-order valence-electron chi connectivity index (χ4n) is 7.31. The lowest BCUT2D eigenvalue weighted by Gasteiger charge is -2.21. The molecule has 0 amide bonds. The van der Waals surface area contributed by atoms with E-state index in [-0.39, 0.29) is 30.1 Å². The van der Waals surface area contributed by atoms with E-state index in [2.05, 4.69) is 60.3 Å². The monoisotopic (exact) mass is 738 g/mol. The van der Waals surface area contributed by atoms with Gasteiger partial charge in [0.25, 0.3) is 0 Å². The van der Waals surface area contributed by atoms with Crippen LogP contribution in [0.1, 0.15) is 203 Å². The van der Waals surface area contributed by atoms with Gasteiger partial charge in [-0.3, -0.25) is 14.4 Å². The minimum atomic E-state index is -0.0648. The molecule has 0 heterocycles. The molecule has 0 aliphatic carbocycles. The Labute approximate surface area is 322 Å². The van der Waals surface area contributed by atoms with Gasteiger partial charge < -0.3 is 19.1 Å². The van der Waals surface area contributed by atoms with Crippen molar-refractivity contribution in [1.29, 1.82) is 0 Å². The molecular formula is C45H87NO6. The third-order valence-corrected chi connectivity index (χ3v) is 9.76. The van der Waals surface area contributed by atoms with Crippen LogP contribution in [0, 0.1) is 29.6 Å². The van der Waals surface area contributed by atoms with Crippen molar-refractivity contribution in [3.8, 4) is 0 Å². The van der Waals surface area contributed by atoms with Crippen LogP contribution in [-0.2, 0) is 28.6 Å². The number of hydrogen-bond donors (Lipinski definition) is 0. The van der Waals surface area contributed by atoms with Gasteiger partial charge in [-0.25, -0.2) is 0 Å². The highest BCUT2D eigenvalue weighted by Gasteiger charge is 2.18. The van der Waals surface area contributed by atoms with Gasteiger partial charge in [-0.1, -0.05) is 107 Å². The van der Waals surface area contributed by atoms with Gasteiger partial charge in [0, 0.05) is 19.3 Å². The summed E-state index contributed by atoms with van der Waals surface area (Å²) >= 11 is 0. The summed E-state index contributed by atoms with van der Waals surface area (Å²) in [6.07, 6.45) is 22.3. The van der Waals surface area contributed by atoms with Crippen molar-refractivity contribution in [2.75, 3.05) is 27.2 Å². The maximum Gasteiger partial charge on any atom is 0.306 e. The summed E-state index contributed by atoms with van der Waals surface area (Å²) in [6.45, 7) is 19.3. The molecule has 0 aliphatic rings. The molecule has 0 saturated carbocycles. The number of carbonyl (C=O) groups excluding carboxylic acids is 3. The highest BCUT2D eigenvalue weighted by atomic mass is 16.5. The first kappa shape index (κ1) is 50.4. The molecule has 0 aliphatic heterocycles. The molecule has 0 radical (unpaired) electrons. The summed E-state index contributed by atoms with van der Waals surface area (Å²) < 4.78 is 17.4. The van der Waals surface area contributed by atoms with Gasteiger partial charge in [0.05, 0.1) is 6.61 Å². The molecule has 52 heavy (non-hydrogen) atoms. The summed E-state index contributed by atoms with van der Waals surface area (Å²) in [5.74, 6) is 2.90. The van der Waals surface area contributed by atoms with E-state index in [1.165, 1.54) is 12.8 Å². The third kappa shape index (κ3) is 34.2. The lowest BCUT2D eigenvalue weighted by Crippen LogP contribution is -2.22. The Morgan fingerprint density at radius 1 is 0.442 bits per heavy atom. The molecule has 0 aromatic rings. The van der Waals surface area contributed by atoms with E-state index < -0.39 is 0 Å². The van der Waals surface area contributed by atoms with Crippen LogP contribution in [0.2, 0.25) is 0 Å². The van der Waals surface area contributed by atoms with Gasteiger partial charge in [-0.05, 0) is 127 Å². The molecule has 0 bridgehead atoms. The molecule has 0 aromatic heterocycles. The van der Waals surface area contributed by atoms with Gasteiger partial charge in [-0.2, -0.15) is 0 Å². The molecule has 7 nitrogen and oxygen atoms in total. The quantitative estimate of drug-likeness (QED) is 0.0364. The Balaban J connectivity index is 4.31. The van der Waals surface area contributed by atoms with Crippen molar-refractivity contribution >= 4 is 17.9 Å². The molecule has 0 spiro atoms. The van der Waals surface area contributed by atoms with Crippen LogP contribution in [0.25, 0.3) is 0 Å². The van der Waals surface area contributed by atoms with Crippen LogP contribution in [0.4, 0.5) is 0 Å². The van der Waals surface area contributed by atoms with Gasteiger partial charge in [0.15, 0.2) is 0 Å². The second kappa shape index (κ2) is 32.8. The lowest BCUT2D eigenvalue weighted by atomic mass is 9.87. The summed E-state index contributed by atoms with van der Waals surface area (Å²) in [6, 6.07) is 0. The molecule has 308 valence electrons. The fraction of sp³-hybridized carbons (Fsp3) is 0.933. The number of esters is 3. The fourth-order valence-corrected chi connectivity index (χ4v) is 7.31. The van der Waals surface area contributed by atoms with Gasteiger partial charge in [0.2, 0.25) is 0 Å². The maximum absolute atomic E-state index is 12.6. The van der Waals surface area contributed by atoms with Crippen LogP contribution in [0.15, 0.2) is 0 Å². The maximum atomic E-state index is 12.6. The molecular weight excluding hydrogens is 650 g/mol. The molecule has 1 atom stereocenters. The normalized spacial score (nSPS) is 12.6. The Hall–Kier alpha value is -1.63. The predicted molar refractivity (Wildman–Crippen MR) is 218 cm³/mol. The van der Waals surface area contributed by atoms with Crippen LogP contribution < -0.4 is 0 Å². The minimum absolute atomic E-state index is 0.00157. The zero-order valence-electron chi connectivity index (χ0n) is 36.1. The number of carbonyl (C=O) groups is 3. The number of rotatable bonds is 35. The van der Waals surface area contributed by atoms with E-state index >= 15 is 0 Å². The highest BCUT2D eigenvalue weighted by Crippen LogP contribution is 2.24. The largest absolute Gasteiger partial charge is 0.466 e. The molecule has 0 N–H and O–H groups in total. The van der Waals surface area contributed by atoms with Crippen LogP contribution >= 0.6 is 0 Å². The topological polar surface area (TPSA) is 82.1 Å². The number of nitrogens with zero attached hydrogens (tertiary/aromatic N) is 1. The number of unbranched alkanes of at least 4 members (excludes halogenated alkanes) is 10. The SMILES string of the molecule is CC(C)CC(CCOC(=O)CCCCCCCCC(CCCCCCCCC(=O)OC(CC(C)C)CC(C)C)OC(=O)CCCN(C)C)CC(C)C. The second-order valence-electron chi connectivity index (χ2n) is 17.8. The molecule has 0 rings (SSSR count). The Morgan fingerprint density at radius 3 is 1.27 bits per heavy atom. The van der Waals surface area contributed by atoms with E-state index in [1.54, 1.807) is 0 Å². The summed E-state index contributed by atoms with van der Waals surface area (Å²) in [4.78, 5) is 39.4. The van der Waals surface area contributed by atoms with Crippen LogP contribution in [0.5, 0.6) is 0 Å². The first-order valence-electron chi connectivity index (χ1n) is 21.9. The van der Waals surface area contributed by atoms with Crippen LogP contribution in [-0.4, -0.2) is 62.3 Å². The standard InChI is InChI=1S/C45H87NO6/c1-36(2)32-40(33-37(3)4)29-31-50-43(47)26-21-17-13-11-15-19-24-41(51-45(49)28-23-30-46(9)10)25-20-16-12-14-18-22-27-44(48)52-42(34-38(5)6)35-39(7)8/h36-42H,11-35H2,1-10H3. The number of ether oxygens (including phenoxy) is 3. The van der Waals surface area contributed by atoms with Crippen molar-refractivity contribution in [1.82, 2.24) is 4.90 Å². The smallest absolute Gasteiger partial charge is 0.306 e. The Morgan fingerprint density at radius 2 is 0.827 bits per heavy atom. The van der Waals surface area contributed by atoms with Crippen molar-refractivity contribution in [2.45, 2.75) is 215 Å². The summed E-state index contributed by atoms with van der Waals surface area (Å²) in [5, 5.41) is 0. The molecule has 7 heteroatoms. The van der Waals surface area contributed by atoms with Crippen LogP contribution in [0.3, 0.4) is 0 Å². The van der Waals surface area contributed by atoms with Crippen molar-refractivity contribution in [3.63, 3.8) is 0 Å². The second-order valence-corrected chi connectivity index (χ2v) is 17.8. The van der Waals surface area contributed by atoms with Gasteiger partial charge in [0.1, 0.15) is 12.2 Å². The minimum Gasteiger partial charge on any atom is -0.466 e. The summed E-state index contributed by atoms with van der Waals surface area (Å²) in [7, 11) is 4.06. The Bertz CT molecular complexity index is 850.